The first-order valence-electron chi connectivity index (χ1n) is 5.94. The molecule has 0 fully saturated rings. The largest absolute Gasteiger partial charge is 0.476 e. The summed E-state index contributed by atoms with van der Waals surface area (Å²) in [4.78, 5) is 25.7. The first kappa shape index (κ1) is 12.9. The van der Waals surface area contributed by atoms with Crippen LogP contribution in [0, 0.1) is 6.92 Å². The van der Waals surface area contributed by atoms with Gasteiger partial charge >= 0.3 is 17.7 Å². The van der Waals surface area contributed by atoms with Gasteiger partial charge in [0.15, 0.2) is 5.69 Å². The molecule has 1 aromatic carbocycles. The van der Waals surface area contributed by atoms with Gasteiger partial charge in [0, 0.05) is 17.5 Å². The van der Waals surface area contributed by atoms with Crippen molar-refractivity contribution in [2.24, 2.45) is 0 Å². The Morgan fingerprint density at radius 1 is 1.33 bits per heavy atom. The second-order valence-corrected chi connectivity index (χ2v) is 4.31. The second-order valence-electron chi connectivity index (χ2n) is 4.31. The van der Waals surface area contributed by atoms with Crippen molar-refractivity contribution in [3.63, 3.8) is 0 Å². The Bertz CT molecular complexity index is 892. The molecule has 0 spiro atoms. The predicted molar refractivity (Wildman–Crippen MR) is 70.8 cm³/mol. The monoisotopic (exact) mass is 287 g/mol. The van der Waals surface area contributed by atoms with E-state index in [-0.39, 0.29) is 11.8 Å². The fourth-order valence-corrected chi connectivity index (χ4v) is 1.87. The van der Waals surface area contributed by atoms with Crippen LogP contribution < -0.4 is 10.4 Å². The fraction of sp³-hybridized carbons (Fsp3) is 0.0714. The van der Waals surface area contributed by atoms with Gasteiger partial charge in [-0.1, -0.05) is 0 Å². The molecule has 106 valence electrons. The minimum Gasteiger partial charge on any atom is -0.476 e. The van der Waals surface area contributed by atoms with Crippen molar-refractivity contribution >= 4 is 16.9 Å². The fourth-order valence-electron chi connectivity index (χ4n) is 1.87. The molecular formula is C14H9NO6. The van der Waals surface area contributed by atoms with Crippen LogP contribution >= 0.6 is 0 Å². The summed E-state index contributed by atoms with van der Waals surface area (Å²) >= 11 is 0. The van der Waals surface area contributed by atoms with Gasteiger partial charge in [0.1, 0.15) is 17.6 Å². The normalized spacial score (nSPS) is 10.7. The lowest BCUT2D eigenvalue weighted by Gasteiger charge is -2.03. The second kappa shape index (κ2) is 4.78. The lowest BCUT2D eigenvalue weighted by Crippen LogP contribution is -1.98. The third-order valence-electron chi connectivity index (χ3n) is 2.83. The smallest absolute Gasteiger partial charge is 0.399 e. The molecule has 0 saturated heterocycles. The number of aryl methyl sites for hydroxylation is 1. The van der Waals surface area contributed by atoms with Gasteiger partial charge in [-0.25, -0.2) is 9.59 Å². The lowest BCUT2D eigenvalue weighted by molar-refractivity contribution is 0.0690. The summed E-state index contributed by atoms with van der Waals surface area (Å²) in [5, 5.41) is 9.52. The van der Waals surface area contributed by atoms with Gasteiger partial charge in [-0.2, -0.15) is 4.98 Å². The zero-order chi connectivity index (χ0) is 15.0. The van der Waals surface area contributed by atoms with Crippen LogP contribution in [0.5, 0.6) is 11.8 Å². The highest BCUT2D eigenvalue weighted by Crippen LogP contribution is 2.26. The van der Waals surface area contributed by atoms with E-state index < -0.39 is 11.6 Å². The third-order valence-corrected chi connectivity index (χ3v) is 2.83. The average molecular weight is 287 g/mol. The maximum atomic E-state index is 11.3. The quantitative estimate of drug-likeness (QED) is 0.738. The number of hydrogen-bond acceptors (Lipinski definition) is 6. The zero-order valence-corrected chi connectivity index (χ0v) is 10.8. The van der Waals surface area contributed by atoms with E-state index in [1.165, 1.54) is 12.1 Å². The summed E-state index contributed by atoms with van der Waals surface area (Å²) in [7, 11) is 0. The first-order valence-corrected chi connectivity index (χ1v) is 5.94. The number of carboxylic acids is 1. The van der Waals surface area contributed by atoms with E-state index in [1.807, 2.05) is 0 Å². The number of aromatic nitrogens is 1. The van der Waals surface area contributed by atoms with Crippen LogP contribution in [-0.4, -0.2) is 16.1 Å². The van der Waals surface area contributed by atoms with E-state index in [0.717, 1.165) is 17.2 Å². The Hall–Kier alpha value is -3.09. The van der Waals surface area contributed by atoms with Gasteiger partial charge in [0.25, 0.3) is 0 Å². The van der Waals surface area contributed by atoms with Crippen LogP contribution in [0.25, 0.3) is 11.0 Å². The van der Waals surface area contributed by atoms with Gasteiger partial charge in [0.05, 0.1) is 0 Å². The maximum Gasteiger partial charge on any atom is 0.399 e. The molecule has 2 heterocycles. The molecule has 7 nitrogen and oxygen atoms in total. The van der Waals surface area contributed by atoms with Crippen molar-refractivity contribution in [1.82, 2.24) is 4.98 Å². The van der Waals surface area contributed by atoms with Gasteiger partial charge in [-0.05, 0) is 24.6 Å². The van der Waals surface area contributed by atoms with Crippen molar-refractivity contribution in [2.45, 2.75) is 6.92 Å². The van der Waals surface area contributed by atoms with Gasteiger partial charge < -0.3 is 18.7 Å². The predicted octanol–water partition coefficient (Wildman–Crippen LogP) is 2.58. The van der Waals surface area contributed by atoms with Crippen LogP contribution in [-0.2, 0) is 0 Å². The molecule has 3 rings (SSSR count). The summed E-state index contributed by atoms with van der Waals surface area (Å²) in [6.07, 6.45) is 0.768. The van der Waals surface area contributed by atoms with Crippen LogP contribution in [0.3, 0.4) is 0 Å². The van der Waals surface area contributed by atoms with Crippen molar-refractivity contribution in [3.05, 3.63) is 52.2 Å². The first-order chi connectivity index (χ1) is 10.0. The minimum atomic E-state index is -1.21. The number of fused-ring (bicyclic) bond motifs is 1. The minimum absolute atomic E-state index is 0.207. The summed E-state index contributed by atoms with van der Waals surface area (Å²) in [5.41, 5.74) is 0.439. The third kappa shape index (κ3) is 2.48. The molecule has 0 bridgehead atoms. The number of hydrogen-bond donors (Lipinski definition) is 1. The van der Waals surface area contributed by atoms with E-state index in [0.29, 0.717) is 11.3 Å². The number of ether oxygens (including phenoxy) is 1. The highest BCUT2D eigenvalue weighted by atomic mass is 16.6. The van der Waals surface area contributed by atoms with Crippen molar-refractivity contribution < 1.29 is 23.5 Å². The van der Waals surface area contributed by atoms with Gasteiger partial charge in [-0.3, -0.25) is 0 Å². The Labute approximate surface area is 117 Å². The summed E-state index contributed by atoms with van der Waals surface area (Å²) in [6.45, 7) is 1.80. The maximum absolute atomic E-state index is 11.3. The van der Waals surface area contributed by atoms with Crippen molar-refractivity contribution in [2.75, 3.05) is 0 Å². The molecule has 0 atom stereocenters. The Morgan fingerprint density at radius 3 is 2.86 bits per heavy atom. The highest BCUT2D eigenvalue weighted by molar-refractivity contribution is 5.85. The molecule has 0 aliphatic carbocycles. The Balaban J connectivity index is 1.97. The summed E-state index contributed by atoms with van der Waals surface area (Å²) in [6, 6.07) is 6.27. The molecule has 0 aliphatic heterocycles. The molecule has 3 aromatic rings. The van der Waals surface area contributed by atoms with Gasteiger partial charge in [-0.15, -0.1) is 0 Å². The van der Waals surface area contributed by atoms with E-state index in [9.17, 15) is 9.59 Å². The number of aromatic carboxylic acids is 1. The van der Waals surface area contributed by atoms with E-state index >= 15 is 0 Å². The highest BCUT2D eigenvalue weighted by Gasteiger charge is 2.12. The van der Waals surface area contributed by atoms with E-state index in [1.54, 1.807) is 19.1 Å². The Kier molecular flexibility index (Phi) is 2.94. The molecule has 0 unspecified atom stereocenters. The molecule has 0 amide bonds. The summed E-state index contributed by atoms with van der Waals surface area (Å²) in [5.74, 6) is -0.899. The van der Waals surface area contributed by atoms with Crippen LogP contribution in [0.15, 0.2) is 44.2 Å². The number of carboxylic acid groups (broad SMARTS) is 1. The molecule has 21 heavy (non-hydrogen) atoms. The average Bonchev–Trinajstić information content (AvgIpc) is 2.86. The van der Waals surface area contributed by atoms with Gasteiger partial charge in [0.2, 0.25) is 0 Å². The molecule has 2 aromatic heterocycles. The van der Waals surface area contributed by atoms with E-state index in [2.05, 4.69) is 4.98 Å². The standard InChI is InChI=1S/C14H9NO6/c1-7-4-12(16)21-11-5-8(2-3-9(7)11)20-14-15-10(6-19-14)13(17)18/h2-6H,1H3,(H,17,18). The van der Waals surface area contributed by atoms with Crippen LogP contribution in [0.2, 0.25) is 0 Å². The number of benzene rings is 1. The van der Waals surface area contributed by atoms with Crippen LogP contribution in [0.1, 0.15) is 16.1 Å². The van der Waals surface area contributed by atoms with Crippen molar-refractivity contribution in [3.8, 4) is 11.8 Å². The van der Waals surface area contributed by atoms with Crippen LogP contribution in [0.4, 0.5) is 0 Å². The number of nitrogens with zero attached hydrogens (tertiary/aromatic N) is 1. The summed E-state index contributed by atoms with van der Waals surface area (Å²) < 4.78 is 15.3. The topological polar surface area (TPSA) is 103 Å². The zero-order valence-electron chi connectivity index (χ0n) is 10.8. The SMILES string of the molecule is Cc1cc(=O)oc2cc(Oc3nc(C(=O)O)co3)ccc12. The number of oxazole rings is 1. The molecule has 0 aliphatic rings. The molecule has 1 N–H and O–H groups in total. The molecule has 0 radical (unpaired) electrons. The lowest BCUT2D eigenvalue weighted by atomic mass is 10.1. The molecule has 7 heteroatoms. The molecule has 0 saturated carbocycles. The number of carbonyl (C=O) groups is 1. The Morgan fingerprint density at radius 2 is 2.14 bits per heavy atom. The van der Waals surface area contributed by atoms with E-state index in [4.69, 9.17) is 18.7 Å². The number of rotatable bonds is 3. The van der Waals surface area contributed by atoms with Crippen molar-refractivity contribution in [1.29, 1.82) is 0 Å². The molecular weight excluding hydrogens is 278 g/mol.